The number of aromatic nitrogens is 1. The molecule has 0 atom stereocenters. The summed E-state index contributed by atoms with van der Waals surface area (Å²) in [6.07, 6.45) is 1.71. The first-order valence-corrected chi connectivity index (χ1v) is 9.77. The van der Waals surface area contributed by atoms with Crippen LogP contribution in [0.2, 0.25) is 0 Å². The number of guanidine groups is 1. The number of rotatable bonds is 10. The van der Waals surface area contributed by atoms with Crippen LogP contribution in [0.25, 0.3) is 0 Å². The number of aliphatic imine (C=N–C) groups is 1. The van der Waals surface area contributed by atoms with Gasteiger partial charge in [0.05, 0.1) is 17.3 Å². The van der Waals surface area contributed by atoms with Crippen LogP contribution in [-0.4, -0.2) is 44.4 Å². The number of aryl methyl sites for hydroxylation is 1. The fourth-order valence-electron chi connectivity index (χ4n) is 2.31. The monoisotopic (exact) mass is 504 g/mol. The number of ether oxygens (including phenoxy) is 2. The van der Waals surface area contributed by atoms with E-state index in [1.807, 2.05) is 31.2 Å². The van der Waals surface area contributed by atoms with Gasteiger partial charge in [0, 0.05) is 56.8 Å². The van der Waals surface area contributed by atoms with Crippen LogP contribution in [0.4, 0.5) is 5.69 Å². The number of halogens is 1. The van der Waals surface area contributed by atoms with Crippen molar-refractivity contribution in [2.45, 2.75) is 26.7 Å². The number of nitrogens with zero attached hydrogens (tertiary/aromatic N) is 2. The molecular formula is C19H29IN4O2S. The quantitative estimate of drug-likeness (QED) is 0.221. The number of anilines is 1. The molecule has 0 aliphatic heterocycles. The molecule has 2 N–H and O–H groups in total. The van der Waals surface area contributed by atoms with Crippen molar-refractivity contribution in [1.29, 1.82) is 0 Å². The maximum atomic E-state index is 5.74. The Morgan fingerprint density at radius 1 is 1.30 bits per heavy atom. The molecule has 0 saturated heterocycles. The standard InChI is InChI=1S/C19H28N4O2S.HI/c1-4-20-19(21-10-9-17-14-26-15(2)22-17)23-16-7-5-8-18(13-16)25-12-6-11-24-3;/h5,7-8,13-14H,4,6,9-12H2,1-3H3,(H2,20,21,23);1H. The van der Waals surface area contributed by atoms with Crippen molar-refractivity contribution in [3.05, 3.63) is 40.3 Å². The first-order valence-electron chi connectivity index (χ1n) is 8.89. The SMILES string of the molecule is CCNC(=NCCc1csc(C)n1)Nc1cccc(OCCCOC)c1.I. The summed E-state index contributed by atoms with van der Waals surface area (Å²) in [5, 5.41) is 9.78. The van der Waals surface area contributed by atoms with Gasteiger partial charge in [0.15, 0.2) is 5.96 Å². The normalized spacial score (nSPS) is 11.0. The van der Waals surface area contributed by atoms with E-state index in [1.54, 1.807) is 18.4 Å². The summed E-state index contributed by atoms with van der Waals surface area (Å²) in [4.78, 5) is 9.10. The van der Waals surface area contributed by atoms with Gasteiger partial charge in [-0.25, -0.2) is 4.98 Å². The minimum Gasteiger partial charge on any atom is -0.493 e. The van der Waals surface area contributed by atoms with Crippen molar-refractivity contribution in [2.24, 2.45) is 4.99 Å². The molecule has 1 aromatic heterocycles. The fourth-order valence-corrected chi connectivity index (χ4v) is 2.95. The number of methoxy groups -OCH3 is 1. The molecule has 0 saturated carbocycles. The summed E-state index contributed by atoms with van der Waals surface area (Å²) in [5.74, 6) is 1.59. The van der Waals surface area contributed by atoms with Gasteiger partial charge in [0.25, 0.3) is 0 Å². The van der Waals surface area contributed by atoms with E-state index in [0.717, 1.165) is 47.5 Å². The molecule has 27 heavy (non-hydrogen) atoms. The number of nitrogens with one attached hydrogen (secondary N) is 2. The molecule has 0 spiro atoms. The van der Waals surface area contributed by atoms with Crippen LogP contribution < -0.4 is 15.4 Å². The van der Waals surface area contributed by atoms with Gasteiger partial charge in [-0.1, -0.05) is 6.07 Å². The van der Waals surface area contributed by atoms with Crippen LogP contribution in [0.1, 0.15) is 24.0 Å². The molecule has 0 aliphatic carbocycles. The predicted molar refractivity (Wildman–Crippen MR) is 124 cm³/mol. The summed E-state index contributed by atoms with van der Waals surface area (Å²) in [7, 11) is 1.70. The molecule has 0 fully saturated rings. The molecule has 0 bridgehead atoms. The van der Waals surface area contributed by atoms with Crippen LogP contribution in [0.15, 0.2) is 34.6 Å². The zero-order valence-corrected chi connectivity index (χ0v) is 19.3. The third-order valence-electron chi connectivity index (χ3n) is 3.51. The van der Waals surface area contributed by atoms with Crippen molar-refractivity contribution in [1.82, 2.24) is 10.3 Å². The van der Waals surface area contributed by atoms with E-state index in [4.69, 9.17) is 9.47 Å². The number of thiazole rings is 1. The van der Waals surface area contributed by atoms with Crippen LogP contribution >= 0.6 is 35.3 Å². The van der Waals surface area contributed by atoms with Gasteiger partial charge in [-0.05, 0) is 26.0 Å². The molecule has 0 aliphatic rings. The van der Waals surface area contributed by atoms with E-state index in [0.29, 0.717) is 19.8 Å². The smallest absolute Gasteiger partial charge is 0.195 e. The van der Waals surface area contributed by atoms with E-state index >= 15 is 0 Å². The van der Waals surface area contributed by atoms with Crippen LogP contribution in [0.5, 0.6) is 5.75 Å². The first kappa shape index (κ1) is 23.6. The minimum atomic E-state index is 0. The summed E-state index contributed by atoms with van der Waals surface area (Å²) < 4.78 is 10.8. The molecule has 2 rings (SSSR count). The maximum Gasteiger partial charge on any atom is 0.195 e. The Morgan fingerprint density at radius 3 is 2.85 bits per heavy atom. The van der Waals surface area contributed by atoms with Gasteiger partial charge < -0.3 is 20.1 Å². The number of hydrogen-bond donors (Lipinski definition) is 2. The maximum absolute atomic E-state index is 5.74. The van der Waals surface area contributed by atoms with Crippen LogP contribution in [0.3, 0.4) is 0 Å². The largest absolute Gasteiger partial charge is 0.493 e. The molecule has 2 aromatic rings. The van der Waals surface area contributed by atoms with E-state index in [2.05, 4.69) is 32.9 Å². The lowest BCUT2D eigenvalue weighted by Crippen LogP contribution is -2.30. The zero-order valence-electron chi connectivity index (χ0n) is 16.2. The van der Waals surface area contributed by atoms with Gasteiger partial charge in [-0.3, -0.25) is 4.99 Å². The lowest BCUT2D eigenvalue weighted by atomic mass is 10.3. The summed E-state index contributed by atoms with van der Waals surface area (Å²) in [6.45, 7) is 6.90. The van der Waals surface area contributed by atoms with Gasteiger partial charge in [0.1, 0.15) is 5.75 Å². The third kappa shape index (κ3) is 9.39. The van der Waals surface area contributed by atoms with Crippen molar-refractivity contribution >= 4 is 47.0 Å². The zero-order chi connectivity index (χ0) is 18.6. The first-order chi connectivity index (χ1) is 12.7. The molecule has 1 heterocycles. The Labute approximate surface area is 182 Å². The topological polar surface area (TPSA) is 67.8 Å². The number of benzene rings is 1. The Bertz CT molecular complexity index is 694. The lowest BCUT2D eigenvalue weighted by molar-refractivity contribution is 0.172. The Morgan fingerprint density at radius 2 is 2.15 bits per heavy atom. The third-order valence-corrected chi connectivity index (χ3v) is 4.33. The van der Waals surface area contributed by atoms with Crippen molar-refractivity contribution in [3.63, 3.8) is 0 Å². The summed E-state index contributed by atoms with van der Waals surface area (Å²) in [6, 6.07) is 7.89. The van der Waals surface area contributed by atoms with Crippen LogP contribution in [0, 0.1) is 6.92 Å². The van der Waals surface area contributed by atoms with Gasteiger partial charge in [0.2, 0.25) is 0 Å². The molecule has 8 heteroatoms. The van der Waals surface area contributed by atoms with Gasteiger partial charge in [-0.15, -0.1) is 35.3 Å². The van der Waals surface area contributed by atoms with E-state index in [-0.39, 0.29) is 24.0 Å². The van der Waals surface area contributed by atoms with Gasteiger partial charge >= 0.3 is 0 Å². The Hall–Kier alpha value is -1.39. The van der Waals surface area contributed by atoms with E-state index in [1.165, 1.54) is 0 Å². The molecule has 0 radical (unpaired) electrons. The average molecular weight is 504 g/mol. The molecule has 6 nitrogen and oxygen atoms in total. The highest BCUT2D eigenvalue weighted by Crippen LogP contribution is 2.17. The van der Waals surface area contributed by atoms with E-state index < -0.39 is 0 Å². The highest BCUT2D eigenvalue weighted by molar-refractivity contribution is 14.0. The molecular weight excluding hydrogens is 475 g/mol. The van der Waals surface area contributed by atoms with Crippen molar-refractivity contribution in [2.75, 3.05) is 38.7 Å². The summed E-state index contributed by atoms with van der Waals surface area (Å²) >= 11 is 1.67. The van der Waals surface area contributed by atoms with Crippen molar-refractivity contribution < 1.29 is 9.47 Å². The Kier molecular flexibility index (Phi) is 12.0. The minimum absolute atomic E-state index is 0. The summed E-state index contributed by atoms with van der Waals surface area (Å²) in [5.41, 5.74) is 2.04. The number of hydrogen-bond acceptors (Lipinski definition) is 5. The molecule has 150 valence electrons. The lowest BCUT2D eigenvalue weighted by Gasteiger charge is -2.13. The second-order valence-corrected chi connectivity index (χ2v) is 6.78. The second kappa shape index (κ2) is 13.7. The molecule has 0 amide bonds. The molecule has 1 aromatic carbocycles. The van der Waals surface area contributed by atoms with Gasteiger partial charge in [-0.2, -0.15) is 0 Å². The fraction of sp³-hybridized carbons (Fsp3) is 0.474. The predicted octanol–water partition coefficient (Wildman–Crippen LogP) is 4.10. The highest BCUT2D eigenvalue weighted by Gasteiger charge is 2.02. The molecule has 0 unspecified atom stereocenters. The second-order valence-electron chi connectivity index (χ2n) is 5.72. The highest BCUT2D eigenvalue weighted by atomic mass is 127. The van der Waals surface area contributed by atoms with Crippen molar-refractivity contribution in [3.8, 4) is 5.75 Å². The van der Waals surface area contributed by atoms with E-state index in [9.17, 15) is 0 Å². The average Bonchev–Trinajstić information content (AvgIpc) is 3.04. The Balaban J connectivity index is 0.00000364. The van der Waals surface area contributed by atoms with Crippen LogP contribution in [-0.2, 0) is 11.2 Å².